The molecule has 2 aliphatic heterocycles. The third kappa shape index (κ3) is 3.55. The topological polar surface area (TPSA) is 64.2 Å². The number of aryl methyl sites for hydroxylation is 2. The third-order valence-electron chi connectivity index (χ3n) is 5.25. The van der Waals surface area contributed by atoms with E-state index in [4.69, 9.17) is 21.0 Å². The lowest BCUT2D eigenvalue weighted by Gasteiger charge is -2.31. The fraction of sp³-hybridized carbons (Fsp3) is 0.522. The van der Waals surface area contributed by atoms with Gasteiger partial charge in [-0.25, -0.2) is 9.37 Å². The zero-order valence-corrected chi connectivity index (χ0v) is 16.2. The Morgan fingerprint density at radius 2 is 2.20 bits per heavy atom. The molecule has 3 aromatic rings. The van der Waals surface area contributed by atoms with E-state index in [-0.39, 0.29) is 12.0 Å². The molecule has 2 aromatic heterocycles. The van der Waals surface area contributed by atoms with E-state index in [0.717, 1.165) is 12.8 Å². The molecule has 0 atom stereocenters. The number of piperidine rings is 1. The molecule has 1 fully saturated rings. The van der Waals surface area contributed by atoms with E-state index in [9.17, 15) is 9.18 Å². The molecule has 0 radical (unpaired) electrons. The molecular weight excluding hydrogens is 383 g/mol. The summed E-state index contributed by atoms with van der Waals surface area (Å²) in [5.74, 6) is -4.45. The van der Waals surface area contributed by atoms with Crippen LogP contribution in [0.1, 0.15) is 70.7 Å². The molecule has 4 heterocycles. The largest absolute Gasteiger partial charge is 0.356 e. The Bertz CT molecular complexity index is 1640. The van der Waals surface area contributed by atoms with E-state index in [1.54, 1.807) is 6.92 Å². The first kappa shape index (κ1) is 10.2. The van der Waals surface area contributed by atoms with Crippen molar-refractivity contribution in [1.82, 2.24) is 19.6 Å². The fourth-order valence-corrected chi connectivity index (χ4v) is 3.69. The Labute approximate surface area is 191 Å². The second-order valence-corrected chi connectivity index (χ2v) is 7.18. The van der Waals surface area contributed by atoms with Crippen LogP contribution in [0.2, 0.25) is 0 Å². The molecule has 30 heavy (non-hydrogen) atoms. The monoisotopic (exact) mass is 422 g/mol. The molecule has 0 unspecified atom stereocenters. The molecule has 0 spiro atoms. The zero-order chi connectivity index (χ0) is 31.4. The average Bonchev–Trinajstić information content (AvgIpc) is 3.36. The van der Waals surface area contributed by atoms with Gasteiger partial charge in [0, 0.05) is 60.4 Å². The van der Waals surface area contributed by atoms with Crippen LogP contribution >= 0.6 is 0 Å². The van der Waals surface area contributed by atoms with Gasteiger partial charge in [0.2, 0.25) is 0 Å². The van der Waals surface area contributed by atoms with Crippen LogP contribution in [0.4, 0.5) is 4.39 Å². The van der Waals surface area contributed by atoms with Crippen LogP contribution < -0.4 is 5.56 Å². The van der Waals surface area contributed by atoms with Gasteiger partial charge in [-0.05, 0) is 64.0 Å². The molecule has 0 aliphatic carbocycles. The highest BCUT2D eigenvalue weighted by Gasteiger charge is 2.25. The highest BCUT2D eigenvalue weighted by molar-refractivity contribution is 5.79. The lowest BCUT2D eigenvalue weighted by Crippen LogP contribution is -2.37. The Morgan fingerprint density at radius 1 is 1.37 bits per heavy atom. The predicted molar refractivity (Wildman–Crippen MR) is 112 cm³/mol. The predicted octanol–water partition coefficient (Wildman–Crippen LogP) is 3.59. The third-order valence-corrected chi connectivity index (χ3v) is 5.25. The molecule has 7 heteroatoms. The van der Waals surface area contributed by atoms with Crippen LogP contribution in [-0.2, 0) is 19.4 Å². The summed E-state index contributed by atoms with van der Waals surface area (Å²) in [4.78, 5) is 18.0. The SMILES string of the molecule is [2H]c1c(F)c([2H])c2onc(C3([2H])C([2H])([2H])C([2H])([2H])N(CCc4c(C)nc5n(c4=O)CCCC5)C([2H])([2H])C3([2H])[2H])c2c1[2H]. The number of nitrogens with zero attached hydrogens (tertiary/aromatic N) is 4. The average molecular weight is 423 g/mol. The van der Waals surface area contributed by atoms with Crippen molar-refractivity contribution in [3.05, 3.63) is 57.1 Å². The molecule has 1 aromatic carbocycles. The van der Waals surface area contributed by atoms with Crippen LogP contribution in [0.3, 0.4) is 0 Å². The number of benzene rings is 1. The van der Waals surface area contributed by atoms with Crippen molar-refractivity contribution < 1.29 is 25.4 Å². The minimum absolute atomic E-state index is 0.144. The van der Waals surface area contributed by atoms with E-state index in [1.165, 1.54) is 4.57 Å². The summed E-state index contributed by atoms with van der Waals surface area (Å²) in [6.45, 7) is -5.53. The Morgan fingerprint density at radius 3 is 3.03 bits per heavy atom. The smallest absolute Gasteiger partial charge is 0.256 e. The van der Waals surface area contributed by atoms with Gasteiger partial charge in [-0.15, -0.1) is 0 Å². The maximum absolute atomic E-state index is 14.3. The number of fused-ring (bicyclic) bond motifs is 2. The van der Waals surface area contributed by atoms with Crippen LogP contribution in [0.5, 0.6) is 0 Å². The summed E-state index contributed by atoms with van der Waals surface area (Å²) in [7, 11) is 0. The van der Waals surface area contributed by atoms with Crippen molar-refractivity contribution in [2.75, 3.05) is 19.5 Å². The Hall–Kier alpha value is -2.54. The van der Waals surface area contributed by atoms with Crippen molar-refractivity contribution in [2.24, 2.45) is 0 Å². The minimum atomic E-state index is -3.64. The number of hydrogen-bond donors (Lipinski definition) is 0. The second-order valence-electron chi connectivity index (χ2n) is 7.18. The van der Waals surface area contributed by atoms with Gasteiger partial charge in [-0.1, -0.05) is 5.16 Å². The minimum Gasteiger partial charge on any atom is -0.356 e. The van der Waals surface area contributed by atoms with Gasteiger partial charge in [0.15, 0.2) is 5.58 Å². The van der Waals surface area contributed by atoms with Crippen LogP contribution in [0, 0.1) is 12.7 Å². The van der Waals surface area contributed by atoms with Gasteiger partial charge in [0.25, 0.3) is 5.56 Å². The highest BCUT2D eigenvalue weighted by Crippen LogP contribution is 2.32. The molecule has 0 bridgehead atoms. The van der Waals surface area contributed by atoms with Gasteiger partial charge < -0.3 is 9.42 Å². The Balaban J connectivity index is 1.65. The standard InChI is InChI=1S/C23H27FN4O2/c1-15-18(23(29)28-10-3-2-4-21(28)25-15)9-13-27-11-7-16(8-12-27)22-19-6-5-17(24)14-20(19)30-26-22/h5-6,14,16H,2-4,7-13H2,1H3/i5D,6D,7D2,8D2,11D2,12D2,14D,16D. The molecule has 0 amide bonds. The van der Waals surface area contributed by atoms with Crippen LogP contribution in [-0.4, -0.2) is 39.1 Å². The number of aromatic nitrogens is 3. The highest BCUT2D eigenvalue weighted by atomic mass is 19.1. The maximum Gasteiger partial charge on any atom is 0.256 e. The van der Waals surface area contributed by atoms with Crippen molar-refractivity contribution in [1.29, 1.82) is 0 Å². The van der Waals surface area contributed by atoms with E-state index in [0.29, 0.717) is 29.4 Å². The van der Waals surface area contributed by atoms with E-state index >= 15 is 0 Å². The summed E-state index contributed by atoms with van der Waals surface area (Å²) in [5.41, 5.74) is -1.78. The van der Waals surface area contributed by atoms with Crippen molar-refractivity contribution in [3.8, 4) is 0 Å². The first-order chi connectivity index (χ1) is 19.3. The Kier molecular flexibility index (Phi) is 2.70. The van der Waals surface area contributed by atoms with E-state index < -0.39 is 84.3 Å². The summed E-state index contributed by atoms with van der Waals surface area (Å²) in [6.07, 6.45) is -5.35. The molecule has 0 N–H and O–H groups in total. The van der Waals surface area contributed by atoms with Crippen LogP contribution in [0.15, 0.2) is 27.4 Å². The summed E-state index contributed by atoms with van der Waals surface area (Å²) >= 11 is 0. The number of halogens is 1. The molecule has 0 saturated carbocycles. The van der Waals surface area contributed by atoms with Crippen molar-refractivity contribution >= 4 is 11.0 Å². The van der Waals surface area contributed by atoms with Crippen LogP contribution in [0.25, 0.3) is 11.0 Å². The summed E-state index contributed by atoms with van der Waals surface area (Å²) in [5, 5.41) is 2.70. The first-order valence-corrected chi connectivity index (χ1v) is 9.68. The number of hydrogen-bond acceptors (Lipinski definition) is 5. The van der Waals surface area contributed by atoms with Gasteiger partial charge in [0.1, 0.15) is 11.6 Å². The summed E-state index contributed by atoms with van der Waals surface area (Å²) < 4.78 is 124. The van der Waals surface area contributed by atoms with Gasteiger partial charge in [-0.2, -0.15) is 0 Å². The van der Waals surface area contributed by atoms with Gasteiger partial charge in [0.05, 0.1) is 9.81 Å². The number of rotatable bonds is 4. The first-order valence-electron chi connectivity index (χ1n) is 15.7. The molecule has 6 nitrogen and oxygen atoms in total. The van der Waals surface area contributed by atoms with Crippen molar-refractivity contribution in [3.63, 3.8) is 0 Å². The molecular formula is C23H27FN4O2. The quantitative estimate of drug-likeness (QED) is 0.643. The van der Waals surface area contributed by atoms with Crippen molar-refractivity contribution in [2.45, 2.75) is 57.8 Å². The fourth-order valence-electron chi connectivity index (χ4n) is 3.69. The van der Waals surface area contributed by atoms with Gasteiger partial charge >= 0.3 is 0 Å². The molecule has 5 rings (SSSR count). The second kappa shape index (κ2) is 7.95. The normalized spacial score (nSPS) is 31.7. The maximum atomic E-state index is 14.3. The molecule has 158 valence electrons. The molecule has 1 saturated heterocycles. The lowest BCUT2D eigenvalue weighted by atomic mass is 9.91. The van der Waals surface area contributed by atoms with E-state index in [2.05, 4.69) is 10.1 Å². The summed E-state index contributed by atoms with van der Waals surface area (Å²) in [6, 6.07) is -3.20. The zero-order valence-electron chi connectivity index (χ0n) is 28.2. The number of likely N-dealkylation sites (tertiary alicyclic amines) is 1. The molecule has 2 aliphatic rings. The lowest BCUT2D eigenvalue weighted by molar-refractivity contribution is 0.211. The van der Waals surface area contributed by atoms with E-state index in [1.807, 2.05) is 0 Å². The van der Waals surface area contributed by atoms with Gasteiger partial charge in [-0.3, -0.25) is 9.36 Å².